The van der Waals surface area contributed by atoms with Crippen LogP contribution in [0.3, 0.4) is 0 Å². The molecule has 6 heteroatoms. The summed E-state index contributed by atoms with van der Waals surface area (Å²) in [5, 5.41) is 3.69. The van der Waals surface area contributed by atoms with E-state index in [1.807, 2.05) is 18.2 Å². The van der Waals surface area contributed by atoms with E-state index in [0.29, 0.717) is 16.4 Å². The second kappa shape index (κ2) is 4.77. The fourth-order valence-electron chi connectivity index (χ4n) is 2.02. The van der Waals surface area contributed by atoms with E-state index in [1.165, 1.54) is 10.6 Å². The second-order valence-electron chi connectivity index (χ2n) is 4.68. The first kappa shape index (κ1) is 12.9. The van der Waals surface area contributed by atoms with Gasteiger partial charge in [0.25, 0.3) is 5.56 Å². The molecule has 3 N–H and O–H groups in total. The van der Waals surface area contributed by atoms with Gasteiger partial charge < -0.3 is 5.73 Å². The van der Waals surface area contributed by atoms with Crippen molar-refractivity contribution in [2.24, 2.45) is 5.73 Å². The average molecular weight is 289 g/mol. The van der Waals surface area contributed by atoms with Gasteiger partial charge in [-0.3, -0.25) is 9.89 Å². The lowest BCUT2D eigenvalue weighted by Gasteiger charge is -2.03. The Kier molecular flexibility index (Phi) is 3.08. The Labute approximate surface area is 120 Å². The van der Waals surface area contributed by atoms with Gasteiger partial charge in [-0.2, -0.15) is 0 Å². The number of nitrogens with two attached hydrogens (primary N) is 1. The van der Waals surface area contributed by atoms with Crippen molar-refractivity contribution in [1.29, 1.82) is 0 Å². The largest absolute Gasteiger partial charge is 0.323 e. The van der Waals surface area contributed by atoms with Crippen molar-refractivity contribution < 1.29 is 0 Å². The summed E-state index contributed by atoms with van der Waals surface area (Å²) in [5.41, 5.74) is 8.46. The molecule has 2 aromatic heterocycles. The highest BCUT2D eigenvalue weighted by Gasteiger charge is 2.09. The summed E-state index contributed by atoms with van der Waals surface area (Å²) in [5.74, 6) is 0. The Balaban J connectivity index is 2.17. The van der Waals surface area contributed by atoms with E-state index in [-0.39, 0.29) is 11.6 Å². The molecule has 102 valence electrons. The van der Waals surface area contributed by atoms with Crippen molar-refractivity contribution in [3.05, 3.63) is 57.5 Å². The fraction of sp³-hybridized carbons (Fsp3) is 0.143. The van der Waals surface area contributed by atoms with Gasteiger partial charge >= 0.3 is 0 Å². The summed E-state index contributed by atoms with van der Waals surface area (Å²) in [7, 11) is 0. The van der Waals surface area contributed by atoms with E-state index in [0.717, 1.165) is 11.3 Å². The van der Waals surface area contributed by atoms with Crippen LogP contribution in [-0.2, 0) is 0 Å². The van der Waals surface area contributed by atoms with E-state index in [1.54, 1.807) is 19.1 Å². The Hall–Kier alpha value is -2.11. The summed E-state index contributed by atoms with van der Waals surface area (Å²) in [4.78, 5) is 16.4. The predicted octanol–water partition coefficient (Wildman–Crippen LogP) is 2.36. The second-order valence-corrected chi connectivity index (χ2v) is 5.11. The number of aromatic nitrogens is 3. The zero-order valence-corrected chi connectivity index (χ0v) is 11.6. The average Bonchev–Trinajstić information content (AvgIpc) is 2.84. The molecule has 0 spiro atoms. The molecule has 1 unspecified atom stereocenters. The van der Waals surface area contributed by atoms with E-state index in [9.17, 15) is 4.79 Å². The number of hydrogen-bond donors (Lipinski definition) is 2. The Morgan fingerprint density at radius 2 is 2.00 bits per heavy atom. The number of halogens is 1. The van der Waals surface area contributed by atoms with E-state index < -0.39 is 0 Å². The van der Waals surface area contributed by atoms with Crippen molar-refractivity contribution >= 4 is 17.2 Å². The summed E-state index contributed by atoms with van der Waals surface area (Å²) in [6.07, 6.45) is 0. The molecule has 0 aliphatic heterocycles. The van der Waals surface area contributed by atoms with Gasteiger partial charge in [0.05, 0.1) is 11.4 Å². The standard InChI is InChI=1S/C14H13ClN4O/c1-8(16)11-7-14(20)19-13(17-11)6-12(18-19)9-2-4-10(15)5-3-9/h2-8,18H,16H2,1H3. The van der Waals surface area contributed by atoms with Gasteiger partial charge in [-0.1, -0.05) is 23.7 Å². The lowest BCUT2D eigenvalue weighted by Crippen LogP contribution is -2.18. The molecule has 1 atom stereocenters. The Bertz CT molecular complexity index is 817. The van der Waals surface area contributed by atoms with Crippen LogP contribution < -0.4 is 11.3 Å². The molecule has 0 aliphatic carbocycles. The van der Waals surface area contributed by atoms with Gasteiger partial charge in [0.1, 0.15) is 0 Å². The molecule has 0 fully saturated rings. The van der Waals surface area contributed by atoms with Gasteiger partial charge in [-0.15, -0.1) is 0 Å². The van der Waals surface area contributed by atoms with Crippen molar-refractivity contribution in [3.8, 4) is 11.3 Å². The van der Waals surface area contributed by atoms with Gasteiger partial charge in [0.15, 0.2) is 5.65 Å². The van der Waals surface area contributed by atoms with E-state index in [4.69, 9.17) is 17.3 Å². The van der Waals surface area contributed by atoms with Crippen LogP contribution in [0.25, 0.3) is 16.9 Å². The third-order valence-corrected chi connectivity index (χ3v) is 3.34. The fourth-order valence-corrected chi connectivity index (χ4v) is 2.15. The molecule has 0 radical (unpaired) electrons. The molecule has 0 saturated carbocycles. The lowest BCUT2D eigenvalue weighted by molar-refractivity contribution is 0.765. The number of nitrogens with one attached hydrogen (secondary N) is 1. The van der Waals surface area contributed by atoms with Crippen molar-refractivity contribution in [3.63, 3.8) is 0 Å². The summed E-state index contributed by atoms with van der Waals surface area (Å²) >= 11 is 5.87. The number of fused-ring (bicyclic) bond motifs is 1. The van der Waals surface area contributed by atoms with Crippen molar-refractivity contribution in [2.45, 2.75) is 13.0 Å². The van der Waals surface area contributed by atoms with Crippen LogP contribution in [0.4, 0.5) is 0 Å². The summed E-state index contributed by atoms with van der Waals surface area (Å²) < 4.78 is 1.40. The Morgan fingerprint density at radius 3 is 2.65 bits per heavy atom. The molecule has 5 nitrogen and oxygen atoms in total. The van der Waals surface area contributed by atoms with E-state index >= 15 is 0 Å². The highest BCUT2D eigenvalue weighted by Crippen LogP contribution is 2.21. The lowest BCUT2D eigenvalue weighted by atomic mass is 10.1. The number of H-pyrrole nitrogens is 1. The van der Waals surface area contributed by atoms with Crippen LogP contribution in [-0.4, -0.2) is 14.6 Å². The summed E-state index contributed by atoms with van der Waals surface area (Å²) in [6.45, 7) is 1.80. The summed E-state index contributed by atoms with van der Waals surface area (Å²) in [6, 6.07) is 10.3. The molecule has 0 amide bonds. The minimum absolute atomic E-state index is 0.178. The van der Waals surface area contributed by atoms with Crippen molar-refractivity contribution in [1.82, 2.24) is 14.6 Å². The van der Waals surface area contributed by atoms with Crippen LogP contribution in [0.1, 0.15) is 18.7 Å². The molecule has 3 rings (SSSR count). The normalized spacial score (nSPS) is 12.8. The number of nitrogens with zero attached hydrogens (tertiary/aromatic N) is 2. The minimum Gasteiger partial charge on any atom is -0.323 e. The molecule has 1 aromatic carbocycles. The van der Waals surface area contributed by atoms with Crippen LogP contribution in [0.15, 0.2) is 41.2 Å². The van der Waals surface area contributed by atoms with Crippen LogP contribution in [0.2, 0.25) is 5.02 Å². The maximum atomic E-state index is 12.0. The minimum atomic E-state index is -0.276. The van der Waals surface area contributed by atoms with Crippen LogP contribution >= 0.6 is 11.6 Å². The molecular formula is C14H13ClN4O. The monoisotopic (exact) mass is 288 g/mol. The number of aromatic amines is 1. The molecule has 3 aromatic rings. The number of benzene rings is 1. The SMILES string of the molecule is CC(N)c1cc(=O)n2[nH]c(-c3ccc(Cl)cc3)cc2n1. The third-order valence-electron chi connectivity index (χ3n) is 3.09. The molecule has 20 heavy (non-hydrogen) atoms. The molecular weight excluding hydrogens is 276 g/mol. The highest BCUT2D eigenvalue weighted by atomic mass is 35.5. The van der Waals surface area contributed by atoms with Crippen molar-refractivity contribution in [2.75, 3.05) is 0 Å². The van der Waals surface area contributed by atoms with Crippen LogP contribution in [0.5, 0.6) is 0 Å². The van der Waals surface area contributed by atoms with Crippen LogP contribution in [0, 0.1) is 0 Å². The zero-order chi connectivity index (χ0) is 14.3. The molecule has 0 saturated heterocycles. The first-order chi connectivity index (χ1) is 9.54. The van der Waals surface area contributed by atoms with Gasteiger partial charge in [0, 0.05) is 23.2 Å². The quantitative estimate of drug-likeness (QED) is 0.760. The molecule has 0 aliphatic rings. The first-order valence-electron chi connectivity index (χ1n) is 6.19. The molecule has 2 heterocycles. The smallest absolute Gasteiger partial charge is 0.272 e. The third kappa shape index (κ3) is 2.21. The first-order valence-corrected chi connectivity index (χ1v) is 6.56. The topological polar surface area (TPSA) is 76.2 Å². The predicted molar refractivity (Wildman–Crippen MR) is 78.9 cm³/mol. The van der Waals surface area contributed by atoms with Gasteiger partial charge in [0.2, 0.25) is 0 Å². The Morgan fingerprint density at radius 1 is 1.30 bits per heavy atom. The maximum Gasteiger partial charge on any atom is 0.272 e. The highest BCUT2D eigenvalue weighted by molar-refractivity contribution is 6.30. The number of hydrogen-bond acceptors (Lipinski definition) is 3. The van der Waals surface area contributed by atoms with Gasteiger partial charge in [-0.25, -0.2) is 9.50 Å². The van der Waals surface area contributed by atoms with Gasteiger partial charge in [-0.05, 0) is 24.6 Å². The maximum absolute atomic E-state index is 12.0. The number of rotatable bonds is 2. The molecule has 0 bridgehead atoms. The zero-order valence-electron chi connectivity index (χ0n) is 10.8. The van der Waals surface area contributed by atoms with E-state index in [2.05, 4.69) is 10.1 Å².